The van der Waals surface area contributed by atoms with Crippen LogP contribution in [-0.4, -0.2) is 11.5 Å². The van der Waals surface area contributed by atoms with Gasteiger partial charge < -0.3 is 11.1 Å². The lowest BCUT2D eigenvalue weighted by Crippen LogP contribution is -2.45. The van der Waals surface area contributed by atoms with Gasteiger partial charge in [-0.25, -0.2) is 9.38 Å². The van der Waals surface area contributed by atoms with E-state index in [9.17, 15) is 4.39 Å². The Bertz CT molecular complexity index is 500. The van der Waals surface area contributed by atoms with Crippen LogP contribution in [0.3, 0.4) is 0 Å². The summed E-state index contributed by atoms with van der Waals surface area (Å²) in [4.78, 5) is 4.05. The Morgan fingerprint density at radius 2 is 2.11 bits per heavy atom. The zero-order chi connectivity index (χ0) is 13.8. The van der Waals surface area contributed by atoms with Gasteiger partial charge in [0, 0.05) is 11.1 Å². The Kier molecular flexibility index (Phi) is 6.76. The molecular weight excluding hydrogens is 358 g/mol. The van der Waals surface area contributed by atoms with Gasteiger partial charge in [0.25, 0.3) is 0 Å². The molecule has 0 heterocycles. The minimum atomic E-state index is -0.388. The van der Waals surface area contributed by atoms with Crippen molar-refractivity contribution in [1.29, 1.82) is 5.26 Å². The van der Waals surface area contributed by atoms with Crippen molar-refractivity contribution in [3.05, 3.63) is 35.1 Å². The fourth-order valence-corrected chi connectivity index (χ4v) is 1.36. The quantitative estimate of drug-likeness (QED) is 0.473. The van der Waals surface area contributed by atoms with E-state index in [1.807, 2.05) is 26.8 Å². The van der Waals surface area contributed by atoms with Gasteiger partial charge in [0.15, 0.2) is 5.96 Å². The Labute approximate surface area is 129 Å². The van der Waals surface area contributed by atoms with E-state index in [1.54, 1.807) is 0 Å². The number of nitriles is 1. The molecule has 0 saturated carbocycles. The summed E-state index contributed by atoms with van der Waals surface area (Å²) >= 11 is 0. The van der Waals surface area contributed by atoms with Crippen molar-refractivity contribution in [2.75, 3.05) is 0 Å². The van der Waals surface area contributed by atoms with Crippen molar-refractivity contribution in [2.24, 2.45) is 10.7 Å². The lowest BCUT2D eigenvalue weighted by Gasteiger charge is -2.21. The van der Waals surface area contributed by atoms with E-state index in [0.29, 0.717) is 11.1 Å². The number of rotatable bonds is 2. The molecule has 0 aliphatic heterocycles. The molecule has 6 heteroatoms. The van der Waals surface area contributed by atoms with Crippen LogP contribution in [0.4, 0.5) is 4.39 Å². The summed E-state index contributed by atoms with van der Waals surface area (Å²) in [7, 11) is 0. The van der Waals surface area contributed by atoms with Crippen molar-refractivity contribution >= 4 is 29.9 Å². The second-order valence-electron chi connectivity index (χ2n) is 4.99. The number of hydrogen-bond donors (Lipinski definition) is 2. The molecule has 0 radical (unpaired) electrons. The summed E-state index contributed by atoms with van der Waals surface area (Å²) in [6.45, 7) is 5.96. The average molecular weight is 376 g/mol. The van der Waals surface area contributed by atoms with Crippen LogP contribution in [0.25, 0.3) is 0 Å². The second-order valence-corrected chi connectivity index (χ2v) is 4.99. The molecule has 1 aromatic carbocycles. The number of guanidine groups is 1. The van der Waals surface area contributed by atoms with Crippen molar-refractivity contribution < 1.29 is 4.39 Å². The molecule has 0 atom stereocenters. The smallest absolute Gasteiger partial charge is 0.189 e. The van der Waals surface area contributed by atoms with Gasteiger partial charge >= 0.3 is 0 Å². The van der Waals surface area contributed by atoms with E-state index >= 15 is 0 Å². The Morgan fingerprint density at radius 3 is 2.63 bits per heavy atom. The van der Waals surface area contributed by atoms with Crippen LogP contribution in [0.2, 0.25) is 0 Å². The zero-order valence-corrected chi connectivity index (χ0v) is 13.5. The van der Waals surface area contributed by atoms with Crippen LogP contribution in [-0.2, 0) is 6.54 Å². The largest absolute Gasteiger partial charge is 0.370 e. The SMILES string of the molecule is CC(C)(C)NC(N)=NCc1cc(C#N)ccc1F.I. The highest BCUT2D eigenvalue weighted by Crippen LogP contribution is 2.11. The van der Waals surface area contributed by atoms with Crippen LogP contribution >= 0.6 is 24.0 Å². The summed E-state index contributed by atoms with van der Waals surface area (Å²) < 4.78 is 13.5. The van der Waals surface area contributed by atoms with Crippen LogP contribution in [0.15, 0.2) is 23.2 Å². The Morgan fingerprint density at radius 1 is 1.47 bits per heavy atom. The normalized spacial score (nSPS) is 11.4. The molecular formula is C13H18FIN4. The molecule has 0 aliphatic rings. The van der Waals surface area contributed by atoms with E-state index in [4.69, 9.17) is 11.0 Å². The molecule has 1 aromatic rings. The number of benzene rings is 1. The molecule has 0 amide bonds. The third-order valence-electron chi connectivity index (χ3n) is 2.10. The van der Waals surface area contributed by atoms with E-state index in [-0.39, 0.29) is 47.8 Å². The van der Waals surface area contributed by atoms with Crippen LogP contribution in [0.5, 0.6) is 0 Å². The van der Waals surface area contributed by atoms with E-state index in [0.717, 1.165) is 0 Å². The highest BCUT2D eigenvalue weighted by Gasteiger charge is 2.10. The molecule has 0 bridgehead atoms. The molecule has 104 valence electrons. The first kappa shape index (κ1) is 17.6. The van der Waals surface area contributed by atoms with Gasteiger partial charge in [-0.2, -0.15) is 5.26 Å². The lowest BCUT2D eigenvalue weighted by molar-refractivity contribution is 0.508. The molecule has 4 nitrogen and oxygen atoms in total. The van der Waals surface area contributed by atoms with Crippen molar-refractivity contribution in [1.82, 2.24) is 5.32 Å². The topological polar surface area (TPSA) is 74.2 Å². The fraction of sp³-hybridized carbons (Fsp3) is 0.385. The van der Waals surface area contributed by atoms with Gasteiger partial charge in [0.05, 0.1) is 18.2 Å². The predicted octanol–water partition coefficient (Wildman–Crippen LogP) is 2.52. The van der Waals surface area contributed by atoms with Crippen LogP contribution < -0.4 is 11.1 Å². The van der Waals surface area contributed by atoms with Crippen molar-refractivity contribution in [3.63, 3.8) is 0 Å². The Balaban J connectivity index is 0.00000324. The first-order chi connectivity index (χ1) is 8.31. The third kappa shape index (κ3) is 6.38. The highest BCUT2D eigenvalue weighted by atomic mass is 127. The maximum atomic E-state index is 13.5. The number of nitrogens with zero attached hydrogens (tertiary/aromatic N) is 2. The van der Waals surface area contributed by atoms with Crippen LogP contribution in [0, 0.1) is 17.1 Å². The maximum Gasteiger partial charge on any atom is 0.189 e. The van der Waals surface area contributed by atoms with Gasteiger partial charge in [-0.15, -0.1) is 24.0 Å². The number of nitrogens with two attached hydrogens (primary N) is 1. The summed E-state index contributed by atoms with van der Waals surface area (Å²) in [5.41, 5.74) is 6.25. The van der Waals surface area contributed by atoms with E-state index in [2.05, 4.69) is 10.3 Å². The average Bonchev–Trinajstić information content (AvgIpc) is 2.25. The highest BCUT2D eigenvalue weighted by molar-refractivity contribution is 14.0. The van der Waals surface area contributed by atoms with Crippen molar-refractivity contribution in [2.45, 2.75) is 32.9 Å². The van der Waals surface area contributed by atoms with Gasteiger partial charge in [-0.3, -0.25) is 0 Å². The number of aliphatic imine (C=N–C) groups is 1. The summed E-state index contributed by atoms with van der Waals surface area (Å²) in [5.74, 6) is -0.134. The first-order valence-electron chi connectivity index (χ1n) is 5.58. The monoisotopic (exact) mass is 376 g/mol. The lowest BCUT2D eigenvalue weighted by atomic mass is 10.1. The fourth-order valence-electron chi connectivity index (χ4n) is 1.36. The second kappa shape index (κ2) is 7.28. The van der Waals surface area contributed by atoms with Crippen LogP contribution in [0.1, 0.15) is 31.9 Å². The van der Waals surface area contributed by atoms with E-state index < -0.39 is 0 Å². The van der Waals surface area contributed by atoms with Crippen molar-refractivity contribution in [3.8, 4) is 6.07 Å². The van der Waals surface area contributed by atoms with Gasteiger partial charge in [-0.05, 0) is 39.0 Å². The molecule has 0 saturated heterocycles. The zero-order valence-electron chi connectivity index (χ0n) is 11.2. The summed E-state index contributed by atoms with van der Waals surface area (Å²) in [6, 6.07) is 6.12. The Hall–Kier alpha value is -1.36. The molecule has 0 fully saturated rings. The summed E-state index contributed by atoms with van der Waals surface area (Å²) in [5, 5.41) is 11.7. The first-order valence-corrected chi connectivity index (χ1v) is 5.58. The molecule has 19 heavy (non-hydrogen) atoms. The molecule has 3 N–H and O–H groups in total. The number of halogens is 2. The maximum absolute atomic E-state index is 13.5. The van der Waals surface area contributed by atoms with Gasteiger partial charge in [-0.1, -0.05) is 0 Å². The predicted molar refractivity (Wildman–Crippen MR) is 84.7 cm³/mol. The minimum Gasteiger partial charge on any atom is -0.370 e. The molecule has 1 rings (SSSR count). The third-order valence-corrected chi connectivity index (χ3v) is 2.10. The van der Waals surface area contributed by atoms with Gasteiger partial charge in [0.2, 0.25) is 0 Å². The summed E-state index contributed by atoms with van der Waals surface area (Å²) in [6.07, 6.45) is 0. The minimum absolute atomic E-state index is 0. The molecule has 0 unspecified atom stereocenters. The molecule has 0 spiro atoms. The van der Waals surface area contributed by atoms with E-state index in [1.165, 1.54) is 18.2 Å². The molecule has 0 aromatic heterocycles. The van der Waals surface area contributed by atoms with Gasteiger partial charge in [0.1, 0.15) is 5.82 Å². The number of hydrogen-bond acceptors (Lipinski definition) is 2. The molecule has 0 aliphatic carbocycles. The number of nitrogens with one attached hydrogen (secondary N) is 1. The standard InChI is InChI=1S/C13H17FN4.HI/c1-13(2,3)18-12(16)17-8-10-6-9(7-15)4-5-11(10)14;/h4-6H,8H2,1-3H3,(H3,16,17,18);1H.